The molecule has 2 heterocycles. The smallest absolute Gasteiger partial charge is 0.275 e. The van der Waals surface area contributed by atoms with E-state index in [0.717, 1.165) is 29.9 Å². The molecular weight excluding hydrogens is 304 g/mol. The zero-order valence-electron chi connectivity index (χ0n) is 12.1. The van der Waals surface area contributed by atoms with Crippen molar-refractivity contribution in [1.29, 1.82) is 0 Å². The van der Waals surface area contributed by atoms with E-state index in [-0.39, 0.29) is 18.1 Å². The van der Waals surface area contributed by atoms with Crippen molar-refractivity contribution < 1.29 is 19.2 Å². The van der Waals surface area contributed by atoms with Gasteiger partial charge >= 0.3 is 0 Å². The molecule has 0 aliphatic carbocycles. The van der Waals surface area contributed by atoms with Gasteiger partial charge in [-0.2, -0.15) is 0 Å². The van der Waals surface area contributed by atoms with Crippen LogP contribution in [0.2, 0.25) is 0 Å². The number of anilines is 1. The molecule has 0 aromatic heterocycles. The van der Waals surface area contributed by atoms with Gasteiger partial charge in [-0.05, 0) is 31.0 Å². The standard InChI is InChI=1S/C15H18N2O4S/c18-13-6-8-22-12-5-4-10(9-11(12)16-13)15(19)17-21-14-3-1-2-7-20-14/h4-5,9,14H,1-3,6-8H2,(H,16,18)(H,17,19). The maximum Gasteiger partial charge on any atom is 0.275 e. The number of hydrogen-bond acceptors (Lipinski definition) is 5. The maximum atomic E-state index is 12.1. The van der Waals surface area contributed by atoms with Gasteiger partial charge in [0.25, 0.3) is 5.91 Å². The number of hydroxylamine groups is 1. The van der Waals surface area contributed by atoms with Gasteiger partial charge in [-0.3, -0.25) is 9.59 Å². The van der Waals surface area contributed by atoms with Crippen molar-refractivity contribution in [3.63, 3.8) is 0 Å². The second kappa shape index (κ2) is 7.13. The van der Waals surface area contributed by atoms with E-state index in [0.29, 0.717) is 24.3 Å². The zero-order chi connectivity index (χ0) is 15.4. The van der Waals surface area contributed by atoms with Crippen molar-refractivity contribution in [2.75, 3.05) is 17.7 Å². The minimum Gasteiger partial charge on any atom is -0.350 e. The third-order valence-corrected chi connectivity index (χ3v) is 4.60. The molecule has 6 nitrogen and oxygen atoms in total. The summed E-state index contributed by atoms with van der Waals surface area (Å²) in [5.74, 6) is 0.364. The average molecular weight is 322 g/mol. The number of carbonyl (C=O) groups is 2. The molecule has 1 aromatic rings. The molecule has 7 heteroatoms. The third-order valence-electron chi connectivity index (χ3n) is 3.52. The van der Waals surface area contributed by atoms with Crippen LogP contribution in [-0.2, 0) is 14.4 Å². The van der Waals surface area contributed by atoms with Gasteiger partial charge in [-0.15, -0.1) is 11.8 Å². The van der Waals surface area contributed by atoms with Crippen molar-refractivity contribution in [2.45, 2.75) is 36.9 Å². The fraction of sp³-hybridized carbons (Fsp3) is 0.467. The topological polar surface area (TPSA) is 76.7 Å². The second-order valence-electron chi connectivity index (χ2n) is 5.20. The van der Waals surface area contributed by atoms with Crippen molar-refractivity contribution in [3.05, 3.63) is 23.8 Å². The lowest BCUT2D eigenvalue weighted by Gasteiger charge is -2.22. The van der Waals surface area contributed by atoms with Crippen LogP contribution in [0.4, 0.5) is 5.69 Å². The van der Waals surface area contributed by atoms with Gasteiger partial charge in [0.15, 0.2) is 6.29 Å². The number of carbonyl (C=O) groups excluding carboxylic acids is 2. The van der Waals surface area contributed by atoms with Crippen LogP contribution in [0.1, 0.15) is 36.0 Å². The number of nitrogens with one attached hydrogen (secondary N) is 2. The Bertz CT molecular complexity index is 573. The fourth-order valence-corrected chi connectivity index (χ4v) is 3.28. The van der Waals surface area contributed by atoms with Gasteiger partial charge in [-0.1, -0.05) is 0 Å². The monoisotopic (exact) mass is 322 g/mol. The van der Waals surface area contributed by atoms with E-state index in [1.54, 1.807) is 23.9 Å². The van der Waals surface area contributed by atoms with Gasteiger partial charge in [-0.25, -0.2) is 10.3 Å². The first kappa shape index (κ1) is 15.3. The van der Waals surface area contributed by atoms with Gasteiger partial charge in [0.2, 0.25) is 5.91 Å². The molecule has 1 atom stereocenters. The van der Waals surface area contributed by atoms with E-state index >= 15 is 0 Å². The highest BCUT2D eigenvalue weighted by Gasteiger charge is 2.18. The van der Waals surface area contributed by atoms with Crippen LogP contribution in [0.5, 0.6) is 0 Å². The zero-order valence-corrected chi connectivity index (χ0v) is 12.9. The summed E-state index contributed by atoms with van der Waals surface area (Å²) >= 11 is 1.60. The Kier molecular flexibility index (Phi) is 4.97. The highest BCUT2D eigenvalue weighted by Crippen LogP contribution is 2.31. The molecular formula is C15H18N2O4S. The molecule has 22 heavy (non-hydrogen) atoms. The van der Waals surface area contributed by atoms with Crippen molar-refractivity contribution in [2.24, 2.45) is 0 Å². The van der Waals surface area contributed by atoms with Crippen LogP contribution < -0.4 is 10.8 Å². The van der Waals surface area contributed by atoms with Crippen molar-refractivity contribution in [1.82, 2.24) is 5.48 Å². The van der Waals surface area contributed by atoms with Crippen LogP contribution in [0.15, 0.2) is 23.1 Å². The van der Waals surface area contributed by atoms with Gasteiger partial charge in [0.05, 0.1) is 5.69 Å². The Morgan fingerprint density at radius 2 is 2.32 bits per heavy atom. The molecule has 0 bridgehead atoms. The lowest BCUT2D eigenvalue weighted by atomic mass is 10.2. The molecule has 3 rings (SSSR count). The summed E-state index contributed by atoms with van der Waals surface area (Å²) in [5.41, 5.74) is 3.54. The van der Waals surface area contributed by atoms with Crippen molar-refractivity contribution in [3.8, 4) is 0 Å². The largest absolute Gasteiger partial charge is 0.350 e. The Hall–Kier alpha value is -1.57. The molecule has 0 saturated carbocycles. The first-order valence-corrected chi connectivity index (χ1v) is 8.35. The number of hydrogen-bond donors (Lipinski definition) is 2. The fourth-order valence-electron chi connectivity index (χ4n) is 2.34. The number of fused-ring (bicyclic) bond motifs is 1. The van der Waals surface area contributed by atoms with E-state index in [2.05, 4.69) is 10.8 Å². The number of rotatable bonds is 3. The quantitative estimate of drug-likeness (QED) is 0.835. The molecule has 2 aliphatic heterocycles. The molecule has 118 valence electrons. The lowest BCUT2D eigenvalue weighted by molar-refractivity contribution is -0.186. The van der Waals surface area contributed by atoms with E-state index < -0.39 is 0 Å². The second-order valence-corrected chi connectivity index (χ2v) is 6.34. The van der Waals surface area contributed by atoms with Gasteiger partial charge in [0.1, 0.15) is 0 Å². The van der Waals surface area contributed by atoms with E-state index in [1.165, 1.54) is 0 Å². The van der Waals surface area contributed by atoms with Crippen LogP contribution in [0.3, 0.4) is 0 Å². The number of amides is 2. The summed E-state index contributed by atoms with van der Waals surface area (Å²) < 4.78 is 5.39. The van der Waals surface area contributed by atoms with E-state index in [1.807, 2.05) is 6.07 Å². The first-order chi connectivity index (χ1) is 10.7. The number of thioether (sulfide) groups is 1. The predicted molar refractivity (Wildman–Crippen MR) is 82.6 cm³/mol. The van der Waals surface area contributed by atoms with Crippen LogP contribution >= 0.6 is 11.8 Å². The first-order valence-electron chi connectivity index (χ1n) is 7.37. The third kappa shape index (κ3) is 3.79. The molecule has 0 radical (unpaired) electrons. The van der Waals surface area contributed by atoms with Gasteiger partial charge < -0.3 is 10.1 Å². The lowest BCUT2D eigenvalue weighted by Crippen LogP contribution is -2.33. The Balaban J connectivity index is 1.63. The SMILES string of the molecule is O=C1CCSc2ccc(C(=O)NOC3CCCCO3)cc2N1. The molecule has 2 amide bonds. The number of ether oxygens (including phenoxy) is 1. The summed E-state index contributed by atoms with van der Waals surface area (Å²) in [6.45, 7) is 0.655. The summed E-state index contributed by atoms with van der Waals surface area (Å²) in [6, 6.07) is 5.24. The van der Waals surface area contributed by atoms with Crippen molar-refractivity contribution >= 4 is 29.3 Å². The minimum atomic E-state index is -0.381. The average Bonchev–Trinajstić information content (AvgIpc) is 2.73. The molecule has 1 unspecified atom stereocenters. The van der Waals surface area contributed by atoms with Crippen LogP contribution in [-0.4, -0.2) is 30.5 Å². The van der Waals surface area contributed by atoms with Gasteiger partial charge in [0, 0.05) is 35.7 Å². The molecule has 1 fully saturated rings. The highest BCUT2D eigenvalue weighted by atomic mass is 32.2. The Morgan fingerprint density at radius 3 is 3.14 bits per heavy atom. The summed E-state index contributed by atoms with van der Waals surface area (Å²) in [4.78, 5) is 30.0. The Labute approximate surface area is 132 Å². The summed E-state index contributed by atoms with van der Waals surface area (Å²) in [5, 5.41) is 2.82. The maximum absolute atomic E-state index is 12.1. The molecule has 0 spiro atoms. The Morgan fingerprint density at radius 1 is 1.41 bits per heavy atom. The van der Waals surface area contributed by atoms with E-state index in [4.69, 9.17) is 9.57 Å². The normalized spacial score (nSPS) is 21.5. The summed E-state index contributed by atoms with van der Waals surface area (Å²) in [7, 11) is 0. The van der Waals surface area contributed by atoms with Crippen LogP contribution in [0.25, 0.3) is 0 Å². The predicted octanol–water partition coefficient (Wildman–Crippen LogP) is 2.31. The highest BCUT2D eigenvalue weighted by molar-refractivity contribution is 7.99. The molecule has 2 N–H and O–H groups in total. The molecule has 1 saturated heterocycles. The molecule has 1 aromatic carbocycles. The number of benzene rings is 1. The van der Waals surface area contributed by atoms with Crippen LogP contribution in [0, 0.1) is 0 Å². The minimum absolute atomic E-state index is 0.0318. The summed E-state index contributed by atoms with van der Waals surface area (Å²) in [6.07, 6.45) is 2.92. The van der Waals surface area contributed by atoms with E-state index in [9.17, 15) is 9.59 Å². The molecule has 2 aliphatic rings.